The van der Waals surface area contributed by atoms with Gasteiger partial charge in [0.2, 0.25) is 5.95 Å². The van der Waals surface area contributed by atoms with Crippen molar-refractivity contribution in [2.45, 2.75) is 0 Å². The first-order chi connectivity index (χ1) is 14.6. The van der Waals surface area contributed by atoms with Crippen molar-refractivity contribution < 1.29 is 9.47 Å². The monoisotopic (exact) mass is 461 g/mol. The molecule has 150 valence electrons. The zero-order valence-electron chi connectivity index (χ0n) is 16.6. The van der Waals surface area contributed by atoms with Gasteiger partial charge in [-0.3, -0.25) is 0 Å². The average molecular weight is 462 g/mol. The molecule has 1 heterocycles. The molecule has 0 aliphatic heterocycles. The summed E-state index contributed by atoms with van der Waals surface area (Å²) in [6, 6.07) is 17.8. The SMILES string of the molecule is C=Cc1cc(OC)cc(OC)c1-c1ccc(Nc2ncc3cc(Br)ccc3n2)cc1. The average Bonchev–Trinajstić information content (AvgIpc) is 2.78. The van der Waals surface area contributed by atoms with Crippen LogP contribution in [0.25, 0.3) is 28.1 Å². The summed E-state index contributed by atoms with van der Waals surface area (Å²) in [5, 5.41) is 4.24. The Labute approximate surface area is 183 Å². The Morgan fingerprint density at radius 1 is 1.00 bits per heavy atom. The van der Waals surface area contributed by atoms with Gasteiger partial charge in [-0.2, -0.15) is 0 Å². The van der Waals surface area contributed by atoms with E-state index in [2.05, 4.69) is 37.8 Å². The smallest absolute Gasteiger partial charge is 0.227 e. The van der Waals surface area contributed by atoms with Crippen LogP contribution in [0.15, 0.2) is 71.8 Å². The first-order valence-corrected chi connectivity index (χ1v) is 10.1. The highest BCUT2D eigenvalue weighted by molar-refractivity contribution is 9.10. The number of nitrogens with one attached hydrogen (secondary N) is 1. The van der Waals surface area contributed by atoms with Gasteiger partial charge in [-0.15, -0.1) is 0 Å². The Kier molecular flexibility index (Phi) is 5.68. The Morgan fingerprint density at radius 2 is 1.80 bits per heavy atom. The summed E-state index contributed by atoms with van der Waals surface area (Å²) in [6.07, 6.45) is 3.61. The standard InChI is InChI=1S/C24H20BrN3O2/c1-4-15-12-20(29-2)13-22(30-3)23(15)16-5-8-19(9-6-16)27-24-26-14-17-11-18(25)7-10-21(17)28-24/h4-14H,1H2,2-3H3,(H,26,27,28). The molecule has 5 nitrogen and oxygen atoms in total. The quantitative estimate of drug-likeness (QED) is 0.356. The van der Waals surface area contributed by atoms with Crippen molar-refractivity contribution in [3.05, 3.63) is 77.4 Å². The van der Waals surface area contributed by atoms with Crippen LogP contribution < -0.4 is 14.8 Å². The van der Waals surface area contributed by atoms with Gasteiger partial charge in [-0.1, -0.05) is 40.7 Å². The molecule has 6 heteroatoms. The van der Waals surface area contributed by atoms with Gasteiger partial charge in [0, 0.05) is 33.4 Å². The zero-order valence-corrected chi connectivity index (χ0v) is 18.2. The van der Waals surface area contributed by atoms with E-state index in [4.69, 9.17) is 9.47 Å². The highest BCUT2D eigenvalue weighted by Gasteiger charge is 2.13. The Hall–Kier alpha value is -3.38. The van der Waals surface area contributed by atoms with Gasteiger partial charge in [-0.25, -0.2) is 9.97 Å². The molecule has 4 aromatic rings. The maximum Gasteiger partial charge on any atom is 0.227 e. The predicted octanol–water partition coefficient (Wildman–Crippen LogP) is 6.46. The van der Waals surface area contributed by atoms with Gasteiger partial charge in [0.1, 0.15) is 11.5 Å². The van der Waals surface area contributed by atoms with E-state index in [1.807, 2.05) is 60.8 Å². The second-order valence-electron chi connectivity index (χ2n) is 6.60. The van der Waals surface area contributed by atoms with E-state index < -0.39 is 0 Å². The van der Waals surface area contributed by atoms with Crippen LogP contribution in [0, 0.1) is 0 Å². The Bertz CT molecular complexity index is 1220. The molecule has 0 aliphatic carbocycles. The van der Waals surface area contributed by atoms with Crippen LogP contribution in [0.2, 0.25) is 0 Å². The summed E-state index contributed by atoms with van der Waals surface area (Å²) in [5.41, 5.74) is 4.69. The number of hydrogen-bond donors (Lipinski definition) is 1. The molecule has 4 rings (SSSR count). The fourth-order valence-electron chi connectivity index (χ4n) is 3.27. The van der Waals surface area contributed by atoms with Crippen molar-refractivity contribution in [3.63, 3.8) is 0 Å². The molecule has 30 heavy (non-hydrogen) atoms. The summed E-state index contributed by atoms with van der Waals surface area (Å²) in [5.74, 6) is 2.00. The molecular formula is C24H20BrN3O2. The van der Waals surface area contributed by atoms with Crippen molar-refractivity contribution in [3.8, 4) is 22.6 Å². The highest BCUT2D eigenvalue weighted by Crippen LogP contribution is 2.38. The molecule has 0 unspecified atom stereocenters. The number of rotatable bonds is 6. The Balaban J connectivity index is 1.64. The zero-order chi connectivity index (χ0) is 21.1. The minimum atomic E-state index is 0.548. The first kappa shape index (κ1) is 19.9. The lowest BCUT2D eigenvalue weighted by molar-refractivity contribution is 0.395. The third-order valence-electron chi connectivity index (χ3n) is 4.75. The number of fused-ring (bicyclic) bond motifs is 1. The molecule has 0 bridgehead atoms. The molecule has 0 fully saturated rings. The first-order valence-electron chi connectivity index (χ1n) is 9.29. The van der Waals surface area contributed by atoms with Crippen molar-refractivity contribution in [1.29, 1.82) is 0 Å². The van der Waals surface area contributed by atoms with E-state index in [1.165, 1.54) is 0 Å². The summed E-state index contributed by atoms with van der Waals surface area (Å²) < 4.78 is 12.0. The summed E-state index contributed by atoms with van der Waals surface area (Å²) in [7, 11) is 3.28. The minimum absolute atomic E-state index is 0.548. The molecule has 0 saturated carbocycles. The van der Waals surface area contributed by atoms with Crippen molar-refractivity contribution in [2.24, 2.45) is 0 Å². The number of hydrogen-bond acceptors (Lipinski definition) is 5. The molecule has 0 atom stereocenters. The summed E-state index contributed by atoms with van der Waals surface area (Å²) in [4.78, 5) is 8.98. The van der Waals surface area contributed by atoms with Gasteiger partial charge in [0.15, 0.2) is 0 Å². The van der Waals surface area contributed by atoms with E-state index in [0.29, 0.717) is 5.95 Å². The lowest BCUT2D eigenvalue weighted by Crippen LogP contribution is -1.97. The van der Waals surface area contributed by atoms with Gasteiger partial charge in [0.05, 0.1) is 19.7 Å². The number of ether oxygens (including phenoxy) is 2. The van der Waals surface area contributed by atoms with Crippen LogP contribution in [0.1, 0.15) is 5.56 Å². The predicted molar refractivity (Wildman–Crippen MR) is 126 cm³/mol. The molecule has 1 N–H and O–H groups in total. The van der Waals surface area contributed by atoms with Crippen LogP contribution in [-0.4, -0.2) is 24.2 Å². The molecule has 1 aromatic heterocycles. The van der Waals surface area contributed by atoms with E-state index in [-0.39, 0.29) is 0 Å². The molecule has 0 radical (unpaired) electrons. The van der Waals surface area contributed by atoms with Crippen LogP contribution >= 0.6 is 15.9 Å². The molecule has 0 amide bonds. The maximum absolute atomic E-state index is 5.59. The van der Waals surface area contributed by atoms with Gasteiger partial charge >= 0.3 is 0 Å². The lowest BCUT2D eigenvalue weighted by Gasteiger charge is -2.15. The third kappa shape index (κ3) is 4.00. The number of benzene rings is 3. The van der Waals surface area contributed by atoms with Crippen molar-refractivity contribution in [2.75, 3.05) is 19.5 Å². The van der Waals surface area contributed by atoms with Crippen molar-refractivity contribution in [1.82, 2.24) is 9.97 Å². The molecule has 0 spiro atoms. The minimum Gasteiger partial charge on any atom is -0.497 e. The van der Waals surface area contributed by atoms with E-state index in [1.54, 1.807) is 20.3 Å². The molecule has 0 saturated heterocycles. The molecule has 3 aromatic carbocycles. The molecule has 0 aliphatic rings. The van der Waals surface area contributed by atoms with Gasteiger partial charge in [0.25, 0.3) is 0 Å². The second kappa shape index (κ2) is 8.55. The third-order valence-corrected chi connectivity index (χ3v) is 5.25. The number of nitrogens with zero attached hydrogens (tertiary/aromatic N) is 2. The number of methoxy groups -OCH3 is 2. The fourth-order valence-corrected chi connectivity index (χ4v) is 3.65. The topological polar surface area (TPSA) is 56.3 Å². The van der Waals surface area contributed by atoms with Crippen LogP contribution in [0.3, 0.4) is 0 Å². The fraction of sp³-hybridized carbons (Fsp3) is 0.0833. The number of aromatic nitrogens is 2. The summed E-state index contributed by atoms with van der Waals surface area (Å²) >= 11 is 3.47. The van der Waals surface area contributed by atoms with E-state index in [0.717, 1.165) is 49.3 Å². The van der Waals surface area contributed by atoms with Gasteiger partial charge < -0.3 is 14.8 Å². The van der Waals surface area contributed by atoms with Crippen LogP contribution in [0.4, 0.5) is 11.6 Å². The van der Waals surface area contributed by atoms with Gasteiger partial charge in [-0.05, 0) is 47.5 Å². The maximum atomic E-state index is 5.59. The molecular weight excluding hydrogens is 442 g/mol. The summed E-state index contributed by atoms with van der Waals surface area (Å²) in [6.45, 7) is 3.93. The van der Waals surface area contributed by atoms with E-state index >= 15 is 0 Å². The van der Waals surface area contributed by atoms with Crippen molar-refractivity contribution >= 4 is 44.5 Å². The van der Waals surface area contributed by atoms with Crippen LogP contribution in [-0.2, 0) is 0 Å². The van der Waals surface area contributed by atoms with Crippen LogP contribution in [0.5, 0.6) is 11.5 Å². The second-order valence-corrected chi connectivity index (χ2v) is 7.51. The number of halogens is 1. The largest absolute Gasteiger partial charge is 0.497 e. The highest BCUT2D eigenvalue weighted by atomic mass is 79.9. The lowest BCUT2D eigenvalue weighted by atomic mass is 9.97. The number of anilines is 2. The van der Waals surface area contributed by atoms with E-state index in [9.17, 15) is 0 Å². The normalized spacial score (nSPS) is 10.6. The Morgan fingerprint density at radius 3 is 2.50 bits per heavy atom.